The molecule has 10 aromatic rings. The largest absolute Gasteiger partial charge is 0.455 e. The van der Waals surface area contributed by atoms with E-state index in [9.17, 15) is 0 Å². The lowest BCUT2D eigenvalue weighted by molar-refractivity contribution is 0.672. The van der Waals surface area contributed by atoms with Crippen LogP contribution in [0.5, 0.6) is 0 Å². The molecule has 0 N–H and O–H groups in total. The van der Waals surface area contributed by atoms with Gasteiger partial charge in [-0.1, -0.05) is 183 Å². The van der Waals surface area contributed by atoms with E-state index in [1.807, 2.05) is 12.1 Å². The minimum atomic E-state index is 0.886. The van der Waals surface area contributed by atoms with Gasteiger partial charge >= 0.3 is 0 Å². The van der Waals surface area contributed by atoms with E-state index in [1.54, 1.807) is 0 Å². The monoisotopic (exact) mass is 741 g/mol. The number of benzene rings is 9. The minimum Gasteiger partial charge on any atom is -0.455 e. The molecule has 0 aliphatic rings. The number of furan rings is 1. The van der Waals surface area contributed by atoms with Crippen molar-refractivity contribution in [3.63, 3.8) is 0 Å². The van der Waals surface area contributed by atoms with Crippen LogP contribution < -0.4 is 4.90 Å². The van der Waals surface area contributed by atoms with Crippen LogP contribution in [0, 0.1) is 0 Å². The van der Waals surface area contributed by atoms with E-state index >= 15 is 0 Å². The maximum Gasteiger partial charge on any atom is 0.143 e. The van der Waals surface area contributed by atoms with Gasteiger partial charge in [-0.05, 0) is 98.4 Å². The van der Waals surface area contributed by atoms with Crippen molar-refractivity contribution in [3.05, 3.63) is 242 Å². The molecule has 1 aromatic heterocycles. The number of hydrogen-bond donors (Lipinski definition) is 0. The molecule has 2 nitrogen and oxygen atoms in total. The van der Waals surface area contributed by atoms with Crippen LogP contribution in [0.1, 0.15) is 11.1 Å². The zero-order valence-electron chi connectivity index (χ0n) is 31.9. The summed E-state index contributed by atoms with van der Waals surface area (Å²) in [5, 5.41) is 4.53. The molecular weight excluding hydrogens is 703 g/mol. The summed E-state index contributed by atoms with van der Waals surface area (Å²) >= 11 is 0. The second-order valence-corrected chi connectivity index (χ2v) is 14.6. The van der Waals surface area contributed by atoms with Gasteiger partial charge in [-0.25, -0.2) is 0 Å². The van der Waals surface area contributed by atoms with Crippen molar-refractivity contribution in [1.29, 1.82) is 0 Å². The van der Waals surface area contributed by atoms with Gasteiger partial charge in [0.1, 0.15) is 11.2 Å². The van der Waals surface area contributed by atoms with Crippen LogP contribution in [0.2, 0.25) is 0 Å². The molecule has 0 spiro atoms. The lowest BCUT2D eigenvalue weighted by atomic mass is 9.95. The molecule has 0 saturated carbocycles. The van der Waals surface area contributed by atoms with Gasteiger partial charge in [0.2, 0.25) is 0 Å². The number of nitrogens with zero attached hydrogens (tertiary/aromatic N) is 1. The van der Waals surface area contributed by atoms with Crippen LogP contribution in [0.4, 0.5) is 17.1 Å². The van der Waals surface area contributed by atoms with E-state index in [1.165, 1.54) is 16.5 Å². The quantitative estimate of drug-likeness (QED) is 0.137. The Morgan fingerprint density at radius 1 is 0.431 bits per heavy atom. The molecule has 0 bridgehead atoms. The number of para-hydroxylation sites is 1. The first-order valence-corrected chi connectivity index (χ1v) is 19.7. The fraction of sp³-hybridized carbons (Fsp3) is 0. The van der Waals surface area contributed by atoms with Gasteiger partial charge in [-0.15, -0.1) is 0 Å². The predicted octanol–water partition coefficient (Wildman–Crippen LogP) is 15.8. The molecule has 0 saturated heterocycles. The Kier molecular flexibility index (Phi) is 9.06. The van der Waals surface area contributed by atoms with Gasteiger partial charge in [0, 0.05) is 33.1 Å². The summed E-state index contributed by atoms with van der Waals surface area (Å²) in [6, 6.07) is 75.7. The highest BCUT2D eigenvalue weighted by Gasteiger charge is 2.19. The minimum absolute atomic E-state index is 0.886. The molecule has 58 heavy (non-hydrogen) atoms. The average Bonchev–Trinajstić information content (AvgIpc) is 3.68. The smallest absolute Gasteiger partial charge is 0.143 e. The molecule has 9 aromatic carbocycles. The maximum absolute atomic E-state index is 6.51. The van der Waals surface area contributed by atoms with Crippen LogP contribution in [0.3, 0.4) is 0 Å². The summed E-state index contributed by atoms with van der Waals surface area (Å²) in [5.74, 6) is 0. The van der Waals surface area contributed by atoms with Crippen molar-refractivity contribution in [3.8, 4) is 33.4 Å². The van der Waals surface area contributed by atoms with Gasteiger partial charge in [0.25, 0.3) is 0 Å². The molecular formula is C56H39NO. The normalized spacial score (nSPS) is 11.6. The molecule has 0 aliphatic heterocycles. The third kappa shape index (κ3) is 6.47. The molecule has 0 amide bonds. The van der Waals surface area contributed by atoms with Gasteiger partial charge in [0.05, 0.1) is 5.69 Å². The first-order chi connectivity index (χ1) is 28.7. The SMILES string of the molecule is C=C/C=C(\c1ccccc1)c1ccc(-c2ccc(N(c3cccc(-c4ccccc4)c3)c3ccccc3-c3ccc4oc5c6ccccc6ccc5c4c3)cc2)cc1. The topological polar surface area (TPSA) is 16.4 Å². The Bertz CT molecular complexity index is 3100. The van der Waals surface area contributed by atoms with E-state index in [2.05, 4.69) is 224 Å². The van der Waals surface area contributed by atoms with E-state index in [0.29, 0.717) is 0 Å². The first-order valence-electron chi connectivity index (χ1n) is 19.7. The number of fused-ring (bicyclic) bond motifs is 5. The molecule has 274 valence electrons. The zero-order valence-corrected chi connectivity index (χ0v) is 31.9. The molecule has 0 atom stereocenters. The Morgan fingerprint density at radius 3 is 1.86 bits per heavy atom. The standard InChI is InChI=1S/C56H39NO/c1-2-14-49(42-17-7-4-8-18-42)44-27-25-40(26-28-44)41-29-33-47(34-30-41)57(48-21-13-20-45(37-48)39-15-5-3-6-16-39)54-24-12-11-22-50(54)46-32-36-55-53(38-46)52-35-31-43-19-9-10-23-51(43)56(52)58-55/h2-38H,1H2/b49-14+. The lowest BCUT2D eigenvalue weighted by Gasteiger charge is -2.28. The third-order valence-electron chi connectivity index (χ3n) is 11.1. The molecule has 0 unspecified atom stereocenters. The van der Waals surface area contributed by atoms with Gasteiger partial charge in [0.15, 0.2) is 0 Å². The zero-order chi connectivity index (χ0) is 38.8. The Labute approximate surface area is 338 Å². The second kappa shape index (κ2) is 15.1. The Morgan fingerprint density at radius 2 is 1.07 bits per heavy atom. The van der Waals surface area contributed by atoms with Crippen molar-refractivity contribution in [1.82, 2.24) is 0 Å². The van der Waals surface area contributed by atoms with Crippen molar-refractivity contribution in [2.75, 3.05) is 4.90 Å². The highest BCUT2D eigenvalue weighted by Crippen LogP contribution is 2.44. The van der Waals surface area contributed by atoms with Crippen LogP contribution in [0.15, 0.2) is 235 Å². The van der Waals surface area contributed by atoms with Gasteiger partial charge in [-0.2, -0.15) is 0 Å². The first kappa shape index (κ1) is 34.8. The van der Waals surface area contributed by atoms with Crippen molar-refractivity contribution in [2.24, 2.45) is 0 Å². The van der Waals surface area contributed by atoms with Crippen molar-refractivity contribution >= 4 is 55.3 Å². The van der Waals surface area contributed by atoms with Crippen molar-refractivity contribution in [2.45, 2.75) is 0 Å². The number of anilines is 3. The summed E-state index contributed by atoms with van der Waals surface area (Å²) in [4.78, 5) is 2.38. The second-order valence-electron chi connectivity index (χ2n) is 14.6. The molecule has 0 aliphatic carbocycles. The number of allylic oxidation sites excluding steroid dienone is 2. The molecule has 0 radical (unpaired) electrons. The lowest BCUT2D eigenvalue weighted by Crippen LogP contribution is -2.11. The van der Waals surface area contributed by atoms with E-state index < -0.39 is 0 Å². The predicted molar refractivity (Wildman–Crippen MR) is 246 cm³/mol. The molecule has 2 heteroatoms. The number of rotatable bonds is 9. The Hall–Kier alpha value is -7.68. The average molecular weight is 742 g/mol. The van der Waals surface area contributed by atoms with E-state index in [-0.39, 0.29) is 0 Å². The maximum atomic E-state index is 6.51. The van der Waals surface area contributed by atoms with Gasteiger partial charge < -0.3 is 9.32 Å². The van der Waals surface area contributed by atoms with E-state index in [0.717, 1.165) is 83.3 Å². The van der Waals surface area contributed by atoms with Crippen molar-refractivity contribution < 1.29 is 4.42 Å². The highest BCUT2D eigenvalue weighted by atomic mass is 16.3. The van der Waals surface area contributed by atoms with Crippen LogP contribution in [-0.2, 0) is 0 Å². The molecule has 10 rings (SSSR count). The summed E-state index contributed by atoms with van der Waals surface area (Å²) < 4.78 is 6.51. The van der Waals surface area contributed by atoms with Gasteiger partial charge in [-0.3, -0.25) is 0 Å². The Balaban J connectivity index is 1.07. The van der Waals surface area contributed by atoms with E-state index in [4.69, 9.17) is 4.42 Å². The summed E-state index contributed by atoms with van der Waals surface area (Å²) in [6.45, 7) is 3.97. The summed E-state index contributed by atoms with van der Waals surface area (Å²) in [6.07, 6.45) is 3.93. The van der Waals surface area contributed by atoms with Crippen LogP contribution >= 0.6 is 0 Å². The molecule has 0 fully saturated rings. The number of hydrogen-bond acceptors (Lipinski definition) is 2. The highest BCUT2D eigenvalue weighted by molar-refractivity contribution is 6.15. The fourth-order valence-corrected chi connectivity index (χ4v) is 8.21. The third-order valence-corrected chi connectivity index (χ3v) is 11.1. The summed E-state index contributed by atoms with van der Waals surface area (Å²) in [7, 11) is 0. The fourth-order valence-electron chi connectivity index (χ4n) is 8.21. The molecule has 1 heterocycles. The van der Waals surface area contributed by atoms with Crippen LogP contribution in [-0.4, -0.2) is 0 Å². The summed E-state index contributed by atoms with van der Waals surface area (Å²) in [5.41, 5.74) is 15.4. The van der Waals surface area contributed by atoms with Crippen LogP contribution in [0.25, 0.3) is 71.7 Å².